The van der Waals surface area contributed by atoms with E-state index in [0.717, 1.165) is 25.1 Å². The molecular weight excluding hydrogens is 328 g/mol. The van der Waals surface area contributed by atoms with Crippen molar-refractivity contribution < 1.29 is 8.42 Å². The van der Waals surface area contributed by atoms with Gasteiger partial charge in [0.15, 0.2) is 5.96 Å². The number of aliphatic imine (C=N–C) groups is 1. The van der Waals surface area contributed by atoms with Crippen molar-refractivity contribution in [2.24, 2.45) is 10.1 Å². The van der Waals surface area contributed by atoms with Crippen LogP contribution in [-0.4, -0.2) is 37.8 Å². The number of nitrogens with zero attached hydrogens (tertiary/aromatic N) is 3. The van der Waals surface area contributed by atoms with Crippen molar-refractivity contribution in [1.29, 1.82) is 0 Å². The first-order valence-corrected chi connectivity index (χ1v) is 9.07. The quantitative estimate of drug-likeness (QED) is 0.377. The molecule has 0 fully saturated rings. The fourth-order valence-corrected chi connectivity index (χ4v) is 2.60. The van der Waals surface area contributed by atoms with Crippen LogP contribution in [0.5, 0.6) is 0 Å². The molecule has 0 saturated carbocycles. The monoisotopic (exact) mass is 350 g/mol. The van der Waals surface area contributed by atoms with E-state index in [0.29, 0.717) is 12.5 Å². The first-order chi connectivity index (χ1) is 11.5. The predicted molar refractivity (Wildman–Crippen MR) is 92.9 cm³/mol. The summed E-state index contributed by atoms with van der Waals surface area (Å²) in [6.07, 6.45) is 4.61. The highest BCUT2D eigenvalue weighted by molar-refractivity contribution is 7.89. The van der Waals surface area contributed by atoms with Crippen LogP contribution in [0.2, 0.25) is 0 Å². The van der Waals surface area contributed by atoms with Gasteiger partial charge in [-0.1, -0.05) is 12.1 Å². The molecule has 1 heterocycles. The number of aromatic nitrogens is 2. The van der Waals surface area contributed by atoms with E-state index in [9.17, 15) is 8.42 Å². The van der Waals surface area contributed by atoms with Crippen molar-refractivity contribution in [3.8, 4) is 0 Å². The first-order valence-electron chi connectivity index (χ1n) is 7.53. The number of rotatable bonds is 7. The second-order valence-electron chi connectivity index (χ2n) is 5.16. The van der Waals surface area contributed by atoms with E-state index < -0.39 is 10.0 Å². The molecule has 0 saturated heterocycles. The number of hydrogen-bond acceptors (Lipinski definition) is 4. The zero-order chi connectivity index (χ0) is 17.4. The third kappa shape index (κ3) is 5.67. The Morgan fingerprint density at radius 2 is 2.04 bits per heavy atom. The molecule has 24 heavy (non-hydrogen) atoms. The van der Waals surface area contributed by atoms with Gasteiger partial charge in [-0.25, -0.2) is 13.6 Å². The van der Waals surface area contributed by atoms with Gasteiger partial charge in [0, 0.05) is 39.1 Å². The van der Waals surface area contributed by atoms with E-state index in [4.69, 9.17) is 5.14 Å². The fraction of sp³-hybridized carbons (Fsp3) is 0.333. The van der Waals surface area contributed by atoms with Crippen LogP contribution in [0.15, 0.2) is 52.6 Å². The van der Waals surface area contributed by atoms with E-state index in [1.54, 1.807) is 25.4 Å². The first kappa shape index (κ1) is 18.0. The van der Waals surface area contributed by atoms with Crippen LogP contribution in [0.4, 0.5) is 0 Å². The molecule has 1 aromatic carbocycles. The van der Waals surface area contributed by atoms with Crippen molar-refractivity contribution in [1.82, 2.24) is 20.4 Å². The van der Waals surface area contributed by atoms with Crippen molar-refractivity contribution in [3.63, 3.8) is 0 Å². The zero-order valence-electron chi connectivity index (χ0n) is 13.5. The topological polar surface area (TPSA) is 114 Å². The van der Waals surface area contributed by atoms with Crippen LogP contribution < -0.4 is 15.8 Å². The van der Waals surface area contributed by atoms with E-state index in [2.05, 4.69) is 20.7 Å². The van der Waals surface area contributed by atoms with Gasteiger partial charge < -0.3 is 10.6 Å². The summed E-state index contributed by atoms with van der Waals surface area (Å²) < 4.78 is 24.3. The molecule has 0 unspecified atom stereocenters. The van der Waals surface area contributed by atoms with Crippen LogP contribution in [0.1, 0.15) is 12.0 Å². The van der Waals surface area contributed by atoms with Crippen molar-refractivity contribution >= 4 is 16.0 Å². The number of sulfonamides is 1. The molecule has 0 aliphatic rings. The lowest BCUT2D eigenvalue weighted by atomic mass is 10.2. The van der Waals surface area contributed by atoms with Gasteiger partial charge in [0.2, 0.25) is 10.0 Å². The molecule has 0 aliphatic heterocycles. The Morgan fingerprint density at radius 3 is 2.62 bits per heavy atom. The minimum atomic E-state index is -3.65. The minimum absolute atomic E-state index is 0.104. The number of hydrogen-bond donors (Lipinski definition) is 3. The number of nitrogens with two attached hydrogens (primary N) is 1. The van der Waals surface area contributed by atoms with E-state index in [1.165, 1.54) is 12.1 Å². The van der Waals surface area contributed by atoms with Crippen LogP contribution in [0, 0.1) is 0 Å². The van der Waals surface area contributed by atoms with Crippen molar-refractivity contribution in [2.45, 2.75) is 24.4 Å². The summed E-state index contributed by atoms with van der Waals surface area (Å²) in [6, 6.07) is 8.32. The smallest absolute Gasteiger partial charge is 0.238 e. The molecule has 0 aliphatic carbocycles. The molecule has 0 bridgehead atoms. The van der Waals surface area contributed by atoms with Gasteiger partial charge in [0.05, 0.1) is 4.90 Å². The highest BCUT2D eigenvalue weighted by atomic mass is 32.2. The van der Waals surface area contributed by atoms with E-state index in [-0.39, 0.29) is 4.90 Å². The summed E-state index contributed by atoms with van der Waals surface area (Å²) in [5.74, 6) is 0.686. The molecule has 0 radical (unpaired) electrons. The molecule has 9 heteroatoms. The van der Waals surface area contributed by atoms with E-state index >= 15 is 0 Å². The average molecular weight is 350 g/mol. The highest BCUT2D eigenvalue weighted by Crippen LogP contribution is 2.08. The summed E-state index contributed by atoms with van der Waals surface area (Å²) in [6.45, 7) is 2.14. The van der Waals surface area contributed by atoms with Gasteiger partial charge in [-0.3, -0.25) is 9.67 Å². The molecule has 0 amide bonds. The fourth-order valence-electron chi connectivity index (χ4n) is 2.08. The normalized spacial score (nSPS) is 12.2. The lowest BCUT2D eigenvalue weighted by Gasteiger charge is -2.12. The SMILES string of the molecule is CN=C(NCCCn1cccn1)NCc1ccc(S(N)(=O)=O)cc1. The third-order valence-corrected chi connectivity index (χ3v) is 4.28. The Labute approximate surface area is 141 Å². The Balaban J connectivity index is 1.74. The Morgan fingerprint density at radius 1 is 1.29 bits per heavy atom. The lowest BCUT2D eigenvalue weighted by molar-refractivity contribution is 0.570. The van der Waals surface area contributed by atoms with E-state index in [1.807, 2.05) is 16.9 Å². The largest absolute Gasteiger partial charge is 0.356 e. The van der Waals surface area contributed by atoms with Gasteiger partial charge >= 0.3 is 0 Å². The summed E-state index contributed by atoms with van der Waals surface area (Å²) in [5.41, 5.74) is 0.932. The van der Waals surface area contributed by atoms with Gasteiger partial charge in [-0.2, -0.15) is 5.10 Å². The van der Waals surface area contributed by atoms with Gasteiger partial charge in [0.1, 0.15) is 0 Å². The molecule has 8 nitrogen and oxygen atoms in total. The van der Waals surface area contributed by atoms with Crippen molar-refractivity contribution in [3.05, 3.63) is 48.3 Å². The molecule has 2 rings (SSSR count). The van der Waals surface area contributed by atoms with Crippen molar-refractivity contribution in [2.75, 3.05) is 13.6 Å². The summed E-state index contributed by atoms with van der Waals surface area (Å²) in [4.78, 5) is 4.25. The molecule has 130 valence electrons. The number of guanidine groups is 1. The second-order valence-corrected chi connectivity index (χ2v) is 6.73. The maximum Gasteiger partial charge on any atom is 0.238 e. The summed E-state index contributed by atoms with van der Waals surface area (Å²) >= 11 is 0. The van der Waals surface area contributed by atoms with Crippen LogP contribution in [0.25, 0.3) is 0 Å². The van der Waals surface area contributed by atoms with Gasteiger partial charge in [0.25, 0.3) is 0 Å². The molecule has 1 aromatic heterocycles. The molecule has 0 spiro atoms. The van der Waals surface area contributed by atoms with Gasteiger partial charge in [-0.05, 0) is 30.2 Å². The Bertz CT molecular complexity index is 754. The standard InChI is InChI=1S/C15H22N6O2S/c1-17-15(18-8-2-10-21-11-3-9-20-21)19-12-13-4-6-14(7-5-13)24(16,22)23/h3-7,9,11H,2,8,10,12H2,1H3,(H2,16,22,23)(H2,17,18,19). The summed E-state index contributed by atoms with van der Waals surface area (Å²) in [5, 5.41) is 15.6. The van der Waals surface area contributed by atoms with Gasteiger partial charge in [-0.15, -0.1) is 0 Å². The van der Waals surface area contributed by atoms with Crippen LogP contribution >= 0.6 is 0 Å². The second kappa shape index (κ2) is 8.46. The Hall–Kier alpha value is -2.39. The minimum Gasteiger partial charge on any atom is -0.356 e. The predicted octanol–water partition coefficient (Wildman–Crippen LogP) is 0.286. The number of benzene rings is 1. The molecular formula is C15H22N6O2S. The maximum absolute atomic E-state index is 11.2. The van der Waals surface area contributed by atoms with Crippen LogP contribution in [-0.2, 0) is 23.1 Å². The third-order valence-electron chi connectivity index (χ3n) is 3.35. The number of primary sulfonamides is 1. The lowest BCUT2D eigenvalue weighted by Crippen LogP contribution is -2.37. The molecule has 0 atom stereocenters. The Kier molecular flexibility index (Phi) is 6.33. The number of nitrogens with one attached hydrogen (secondary N) is 2. The molecule has 2 aromatic rings. The number of aryl methyl sites for hydroxylation is 1. The molecule has 4 N–H and O–H groups in total. The van der Waals surface area contributed by atoms with Crippen LogP contribution in [0.3, 0.4) is 0 Å². The maximum atomic E-state index is 11.2. The zero-order valence-corrected chi connectivity index (χ0v) is 14.3. The average Bonchev–Trinajstić information content (AvgIpc) is 3.07. The highest BCUT2D eigenvalue weighted by Gasteiger charge is 2.06. The summed E-state index contributed by atoms with van der Waals surface area (Å²) in [7, 11) is -1.95.